The first-order valence-electron chi connectivity index (χ1n) is 10.3. The third-order valence-corrected chi connectivity index (χ3v) is 5.86. The van der Waals surface area contributed by atoms with Gasteiger partial charge in [-0.25, -0.2) is 0 Å². The number of carbonyl (C=O) groups excluding carboxylic acids is 1. The Morgan fingerprint density at radius 3 is 2.62 bits per heavy atom. The van der Waals surface area contributed by atoms with Gasteiger partial charge in [-0.2, -0.15) is 5.10 Å². The molecule has 1 aromatic heterocycles. The Labute approximate surface area is 158 Å². The van der Waals surface area contributed by atoms with Gasteiger partial charge in [-0.05, 0) is 58.9 Å². The molecule has 1 fully saturated rings. The number of likely N-dealkylation sites (tertiary alicyclic amines) is 1. The molecule has 2 heterocycles. The average molecular weight is 359 g/mol. The molecule has 1 aliphatic carbocycles. The van der Waals surface area contributed by atoms with Crippen LogP contribution in [0.25, 0.3) is 0 Å². The molecule has 1 atom stereocenters. The Morgan fingerprint density at radius 2 is 2.00 bits per heavy atom. The van der Waals surface area contributed by atoms with Crippen LogP contribution in [0.4, 0.5) is 0 Å². The van der Waals surface area contributed by atoms with Crippen LogP contribution in [0.15, 0.2) is 12.2 Å². The largest absolute Gasteiger partial charge is 0.337 e. The van der Waals surface area contributed by atoms with E-state index in [1.54, 1.807) is 0 Å². The summed E-state index contributed by atoms with van der Waals surface area (Å²) in [7, 11) is 0. The van der Waals surface area contributed by atoms with Crippen molar-refractivity contribution in [3.8, 4) is 0 Å². The van der Waals surface area contributed by atoms with Crippen molar-refractivity contribution in [3.05, 3.63) is 29.1 Å². The zero-order valence-corrected chi connectivity index (χ0v) is 16.8. The van der Waals surface area contributed by atoms with E-state index in [9.17, 15) is 4.79 Å². The topological polar surface area (TPSA) is 41.4 Å². The number of piperidine rings is 1. The molecule has 1 aliphatic heterocycles. The molecule has 5 heteroatoms. The number of carbonyl (C=O) groups is 1. The van der Waals surface area contributed by atoms with Crippen molar-refractivity contribution in [1.29, 1.82) is 0 Å². The van der Waals surface area contributed by atoms with E-state index in [2.05, 4.69) is 36.9 Å². The first kappa shape index (κ1) is 19.2. The summed E-state index contributed by atoms with van der Waals surface area (Å²) in [6, 6.07) is 0.478. The van der Waals surface area contributed by atoms with Gasteiger partial charge in [0.15, 0.2) is 5.69 Å². The molecule has 1 saturated heterocycles. The van der Waals surface area contributed by atoms with E-state index < -0.39 is 0 Å². The van der Waals surface area contributed by atoms with Gasteiger partial charge in [-0.15, -0.1) is 0 Å². The first-order valence-corrected chi connectivity index (χ1v) is 10.3. The molecule has 1 unspecified atom stereocenters. The quantitative estimate of drug-likeness (QED) is 0.733. The number of amides is 1. The van der Waals surface area contributed by atoms with E-state index >= 15 is 0 Å². The second kappa shape index (κ2) is 8.38. The molecule has 0 N–H and O–H groups in total. The van der Waals surface area contributed by atoms with Crippen LogP contribution in [0, 0.1) is 0 Å². The molecule has 0 bridgehead atoms. The van der Waals surface area contributed by atoms with Crippen LogP contribution in [0.5, 0.6) is 0 Å². The van der Waals surface area contributed by atoms with Crippen molar-refractivity contribution in [1.82, 2.24) is 19.6 Å². The van der Waals surface area contributed by atoms with E-state index in [1.807, 2.05) is 4.90 Å². The molecule has 0 radical (unpaired) electrons. The van der Waals surface area contributed by atoms with Gasteiger partial charge in [-0.1, -0.05) is 19.1 Å². The molecular formula is C21H34N4O. The molecule has 0 spiro atoms. The number of hydrogen-bond acceptors (Lipinski definition) is 3. The Morgan fingerprint density at radius 1 is 1.27 bits per heavy atom. The Balaban J connectivity index is 1.86. The number of fused-ring (bicyclic) bond motifs is 1. The van der Waals surface area contributed by atoms with Crippen LogP contribution in [-0.2, 0) is 19.4 Å². The fourth-order valence-corrected chi connectivity index (χ4v) is 4.51. The highest BCUT2D eigenvalue weighted by molar-refractivity contribution is 5.94. The van der Waals surface area contributed by atoms with E-state index in [4.69, 9.17) is 5.10 Å². The van der Waals surface area contributed by atoms with E-state index in [0.717, 1.165) is 70.5 Å². The number of nitrogens with zero attached hydrogens (tertiary/aromatic N) is 4. The predicted molar refractivity (Wildman–Crippen MR) is 106 cm³/mol. The van der Waals surface area contributed by atoms with Gasteiger partial charge in [0.2, 0.25) is 0 Å². The third kappa shape index (κ3) is 3.88. The number of rotatable bonds is 6. The van der Waals surface area contributed by atoms with Crippen LogP contribution in [-0.4, -0.2) is 57.7 Å². The fourth-order valence-electron chi connectivity index (χ4n) is 4.51. The van der Waals surface area contributed by atoms with Crippen LogP contribution >= 0.6 is 0 Å². The van der Waals surface area contributed by atoms with Crippen molar-refractivity contribution in [3.63, 3.8) is 0 Å². The second-order valence-electron chi connectivity index (χ2n) is 7.86. The first-order chi connectivity index (χ1) is 12.5. The minimum atomic E-state index is 0.150. The molecule has 0 saturated carbocycles. The molecule has 144 valence electrons. The summed E-state index contributed by atoms with van der Waals surface area (Å²) >= 11 is 0. The maximum atomic E-state index is 13.1. The normalized spacial score (nSPS) is 20.3. The summed E-state index contributed by atoms with van der Waals surface area (Å²) in [4.78, 5) is 17.7. The SMILES string of the molecule is C=C(C)CN(CC)C1CCc2c(c(C(=O)N3CCCCC3)nn2CC)C1. The summed E-state index contributed by atoms with van der Waals surface area (Å²) in [6.45, 7) is 15.1. The van der Waals surface area contributed by atoms with Gasteiger partial charge in [0.1, 0.15) is 0 Å². The minimum absolute atomic E-state index is 0.150. The third-order valence-electron chi connectivity index (χ3n) is 5.86. The van der Waals surface area contributed by atoms with Gasteiger partial charge in [0, 0.05) is 43.5 Å². The van der Waals surface area contributed by atoms with Gasteiger partial charge in [0.25, 0.3) is 5.91 Å². The average Bonchev–Trinajstić information content (AvgIpc) is 3.04. The maximum absolute atomic E-state index is 13.1. The van der Waals surface area contributed by atoms with Gasteiger partial charge in [-0.3, -0.25) is 14.4 Å². The molecule has 1 amide bonds. The Kier molecular flexibility index (Phi) is 6.17. The lowest BCUT2D eigenvalue weighted by atomic mass is 9.89. The molecule has 1 aromatic rings. The van der Waals surface area contributed by atoms with Crippen molar-refractivity contribution in [2.75, 3.05) is 26.2 Å². The van der Waals surface area contributed by atoms with E-state index in [0.29, 0.717) is 6.04 Å². The van der Waals surface area contributed by atoms with Crippen molar-refractivity contribution < 1.29 is 4.79 Å². The van der Waals surface area contributed by atoms with E-state index in [1.165, 1.54) is 23.3 Å². The molecule has 3 rings (SSSR count). The lowest BCUT2D eigenvalue weighted by Crippen LogP contribution is -2.41. The lowest BCUT2D eigenvalue weighted by Gasteiger charge is -2.34. The van der Waals surface area contributed by atoms with Crippen LogP contribution in [0.1, 0.15) is 68.2 Å². The summed E-state index contributed by atoms with van der Waals surface area (Å²) in [5, 5.41) is 4.76. The van der Waals surface area contributed by atoms with Crippen molar-refractivity contribution >= 4 is 5.91 Å². The summed E-state index contributed by atoms with van der Waals surface area (Å²) < 4.78 is 2.07. The monoisotopic (exact) mass is 358 g/mol. The van der Waals surface area contributed by atoms with Crippen LogP contribution in [0.2, 0.25) is 0 Å². The lowest BCUT2D eigenvalue weighted by molar-refractivity contribution is 0.0715. The maximum Gasteiger partial charge on any atom is 0.274 e. The highest BCUT2D eigenvalue weighted by Gasteiger charge is 2.32. The number of likely N-dealkylation sites (N-methyl/N-ethyl adjacent to an activating group) is 1. The highest BCUT2D eigenvalue weighted by Crippen LogP contribution is 2.29. The van der Waals surface area contributed by atoms with E-state index in [-0.39, 0.29) is 5.91 Å². The van der Waals surface area contributed by atoms with Gasteiger partial charge in [0.05, 0.1) is 0 Å². The molecular weight excluding hydrogens is 324 g/mol. The highest BCUT2D eigenvalue weighted by atomic mass is 16.2. The van der Waals surface area contributed by atoms with Gasteiger partial charge < -0.3 is 4.90 Å². The summed E-state index contributed by atoms with van der Waals surface area (Å²) in [5.41, 5.74) is 4.42. The molecule has 26 heavy (non-hydrogen) atoms. The number of hydrogen-bond donors (Lipinski definition) is 0. The van der Waals surface area contributed by atoms with Crippen LogP contribution < -0.4 is 0 Å². The summed E-state index contributed by atoms with van der Waals surface area (Å²) in [6.07, 6.45) is 6.56. The Hall–Kier alpha value is -1.62. The number of aromatic nitrogens is 2. The molecule has 5 nitrogen and oxygen atoms in total. The number of aryl methyl sites for hydroxylation is 1. The van der Waals surface area contributed by atoms with Gasteiger partial charge >= 0.3 is 0 Å². The molecule has 0 aromatic carbocycles. The summed E-state index contributed by atoms with van der Waals surface area (Å²) in [5.74, 6) is 0.150. The second-order valence-corrected chi connectivity index (χ2v) is 7.86. The smallest absolute Gasteiger partial charge is 0.274 e. The zero-order chi connectivity index (χ0) is 18.7. The van der Waals surface area contributed by atoms with Crippen molar-refractivity contribution in [2.45, 2.75) is 71.9 Å². The zero-order valence-electron chi connectivity index (χ0n) is 16.8. The minimum Gasteiger partial charge on any atom is -0.337 e. The van der Waals surface area contributed by atoms with Crippen LogP contribution in [0.3, 0.4) is 0 Å². The standard InChI is InChI=1S/C21H34N4O/c1-5-23(15-16(3)4)17-10-11-19-18(14-17)20(22-25(19)6-2)21(26)24-12-8-7-9-13-24/h17H,3,5-15H2,1-2,4H3. The molecule has 2 aliphatic rings. The fraction of sp³-hybridized carbons (Fsp3) is 0.714. The predicted octanol–water partition coefficient (Wildman–Crippen LogP) is 3.28. The van der Waals surface area contributed by atoms with Crippen molar-refractivity contribution in [2.24, 2.45) is 0 Å². The Bertz CT molecular complexity index is 657.